The summed E-state index contributed by atoms with van der Waals surface area (Å²) in [6.07, 6.45) is 7.89. The highest BCUT2D eigenvalue weighted by atomic mass is 32.2. The molecule has 2 aliphatic rings. The van der Waals surface area contributed by atoms with Crippen LogP contribution in [-0.4, -0.2) is 50.1 Å². The second-order valence-electron chi connectivity index (χ2n) is 10.7. The monoisotopic (exact) mass is 536 g/mol. The predicted molar refractivity (Wildman–Crippen MR) is 137 cm³/mol. The van der Waals surface area contributed by atoms with Crippen LogP contribution in [0.5, 0.6) is 0 Å². The molecule has 2 aliphatic carbocycles. The molecule has 4 aromatic rings. The number of benzene rings is 1. The van der Waals surface area contributed by atoms with Crippen molar-refractivity contribution in [1.29, 1.82) is 0 Å². The van der Waals surface area contributed by atoms with E-state index in [9.17, 15) is 17.2 Å². The lowest BCUT2D eigenvalue weighted by Crippen LogP contribution is -2.38. The topological polar surface area (TPSA) is 104 Å². The van der Waals surface area contributed by atoms with Gasteiger partial charge in [-0.2, -0.15) is 5.10 Å². The van der Waals surface area contributed by atoms with Crippen LogP contribution in [0.1, 0.15) is 49.6 Å². The van der Waals surface area contributed by atoms with Gasteiger partial charge in [0.2, 0.25) is 0 Å². The smallest absolute Gasteiger partial charge is 0.179 e. The van der Waals surface area contributed by atoms with E-state index in [4.69, 9.17) is 4.98 Å². The van der Waals surface area contributed by atoms with Crippen LogP contribution >= 0.6 is 0 Å². The van der Waals surface area contributed by atoms with Crippen LogP contribution in [0, 0.1) is 17.0 Å². The molecule has 0 N–H and O–H groups in total. The number of hydrogen-bond donors (Lipinski definition) is 0. The minimum absolute atomic E-state index is 0.0105. The molecule has 3 aromatic heterocycles. The van der Waals surface area contributed by atoms with Crippen molar-refractivity contribution in [2.45, 2.75) is 44.6 Å². The normalized spacial score (nSPS) is 21.6. The van der Waals surface area contributed by atoms with Crippen LogP contribution in [0.25, 0.3) is 22.8 Å². The van der Waals surface area contributed by atoms with Gasteiger partial charge in [-0.05, 0) is 54.0 Å². The van der Waals surface area contributed by atoms with E-state index < -0.39 is 26.9 Å². The van der Waals surface area contributed by atoms with Crippen LogP contribution in [0.4, 0.5) is 8.78 Å². The fourth-order valence-electron chi connectivity index (χ4n) is 6.35. The highest BCUT2D eigenvalue weighted by Gasteiger charge is 2.65. The zero-order valence-corrected chi connectivity index (χ0v) is 22.0. The van der Waals surface area contributed by atoms with Gasteiger partial charge in [-0.25, -0.2) is 32.2 Å². The van der Waals surface area contributed by atoms with E-state index in [1.54, 1.807) is 29.4 Å². The first kappa shape index (κ1) is 24.7. The molecule has 2 bridgehead atoms. The van der Waals surface area contributed by atoms with Crippen molar-refractivity contribution in [1.82, 2.24) is 29.7 Å². The molecule has 3 heterocycles. The maximum atomic E-state index is 14.5. The number of rotatable bonds is 6. The SMILES string of the molecule is CC1(C)[C@H]2CC[C@]1(c1ccnc(-c3cn(CCS(C)(=O)=O)cn3)n1)c1nnc(-c3c(F)cccc3F)cc12. The molecule has 6 rings (SSSR count). The van der Waals surface area contributed by atoms with Gasteiger partial charge in [-0.1, -0.05) is 19.9 Å². The summed E-state index contributed by atoms with van der Waals surface area (Å²) in [5.74, 6) is -0.784. The van der Waals surface area contributed by atoms with Crippen molar-refractivity contribution < 1.29 is 17.2 Å². The van der Waals surface area contributed by atoms with E-state index >= 15 is 0 Å². The summed E-state index contributed by atoms with van der Waals surface area (Å²) in [7, 11) is -3.10. The lowest BCUT2D eigenvalue weighted by atomic mass is 9.66. The number of halogens is 2. The third kappa shape index (κ3) is 3.66. The summed E-state index contributed by atoms with van der Waals surface area (Å²) in [5, 5.41) is 8.86. The number of nitrogens with zero attached hydrogens (tertiary/aromatic N) is 6. The van der Waals surface area contributed by atoms with Crippen LogP contribution in [-0.2, 0) is 21.8 Å². The Hall–Kier alpha value is -3.60. The molecular formula is C27H26F2N6O2S. The molecule has 0 unspecified atom stereocenters. The maximum absolute atomic E-state index is 14.5. The van der Waals surface area contributed by atoms with E-state index in [0.29, 0.717) is 11.5 Å². The van der Waals surface area contributed by atoms with Crippen molar-refractivity contribution in [3.8, 4) is 22.8 Å². The number of sulfone groups is 1. The lowest BCUT2D eigenvalue weighted by Gasteiger charge is -2.37. The van der Waals surface area contributed by atoms with Gasteiger partial charge >= 0.3 is 0 Å². The molecule has 1 fully saturated rings. The summed E-state index contributed by atoms with van der Waals surface area (Å²) >= 11 is 0. The minimum atomic E-state index is -3.10. The summed E-state index contributed by atoms with van der Waals surface area (Å²) in [6.45, 7) is 4.65. The van der Waals surface area contributed by atoms with Crippen LogP contribution in [0.15, 0.2) is 49.1 Å². The molecule has 0 radical (unpaired) electrons. The molecule has 1 saturated carbocycles. The quantitative estimate of drug-likeness (QED) is 0.361. The molecule has 0 saturated heterocycles. The third-order valence-electron chi connectivity index (χ3n) is 8.28. The van der Waals surface area contributed by atoms with Gasteiger partial charge in [0.25, 0.3) is 0 Å². The van der Waals surface area contributed by atoms with E-state index in [0.717, 1.165) is 29.8 Å². The molecule has 1 aromatic carbocycles. The second kappa shape index (κ2) is 8.45. The number of aromatic nitrogens is 6. The summed E-state index contributed by atoms with van der Waals surface area (Å²) in [4.78, 5) is 13.8. The largest absolute Gasteiger partial charge is 0.336 e. The second-order valence-corrected chi connectivity index (χ2v) is 13.0. The van der Waals surface area contributed by atoms with Gasteiger partial charge in [0.05, 0.1) is 40.1 Å². The Labute approximate surface area is 219 Å². The van der Waals surface area contributed by atoms with Crippen molar-refractivity contribution in [2.75, 3.05) is 12.0 Å². The summed E-state index contributed by atoms with van der Waals surface area (Å²) < 4.78 is 53.8. The van der Waals surface area contributed by atoms with Crippen molar-refractivity contribution in [3.05, 3.63) is 77.6 Å². The molecule has 38 heavy (non-hydrogen) atoms. The first-order valence-electron chi connectivity index (χ1n) is 12.4. The Kier molecular flexibility index (Phi) is 5.50. The Morgan fingerprint density at radius 3 is 2.58 bits per heavy atom. The van der Waals surface area contributed by atoms with Crippen LogP contribution in [0.2, 0.25) is 0 Å². The van der Waals surface area contributed by atoms with Crippen molar-refractivity contribution in [2.24, 2.45) is 5.41 Å². The number of aryl methyl sites for hydroxylation is 1. The van der Waals surface area contributed by atoms with Crippen molar-refractivity contribution >= 4 is 9.84 Å². The van der Waals surface area contributed by atoms with Gasteiger partial charge in [0, 0.05) is 25.2 Å². The molecule has 0 spiro atoms. The number of fused-ring (bicyclic) bond motifs is 5. The number of hydrogen-bond acceptors (Lipinski definition) is 7. The average molecular weight is 537 g/mol. The van der Waals surface area contributed by atoms with Crippen LogP contribution < -0.4 is 0 Å². The number of imidazole rings is 1. The fraction of sp³-hybridized carbons (Fsp3) is 0.370. The Bertz CT molecular complexity index is 1670. The van der Waals surface area contributed by atoms with E-state index in [1.165, 1.54) is 24.5 Å². The molecule has 0 aliphatic heterocycles. The van der Waals surface area contributed by atoms with Gasteiger partial charge in [0.1, 0.15) is 27.2 Å². The van der Waals surface area contributed by atoms with Crippen molar-refractivity contribution in [3.63, 3.8) is 0 Å². The molecular weight excluding hydrogens is 510 g/mol. The van der Waals surface area contributed by atoms with E-state index in [1.807, 2.05) is 6.07 Å². The van der Waals surface area contributed by atoms with Gasteiger partial charge in [-0.15, -0.1) is 5.10 Å². The zero-order valence-electron chi connectivity index (χ0n) is 21.2. The highest BCUT2D eigenvalue weighted by molar-refractivity contribution is 7.90. The van der Waals surface area contributed by atoms with Gasteiger partial charge < -0.3 is 4.57 Å². The van der Waals surface area contributed by atoms with E-state index in [-0.39, 0.29) is 34.9 Å². The van der Waals surface area contributed by atoms with Crippen LogP contribution in [0.3, 0.4) is 0 Å². The van der Waals surface area contributed by atoms with E-state index in [2.05, 4.69) is 34.0 Å². The highest BCUT2D eigenvalue weighted by Crippen LogP contribution is 2.69. The fourth-order valence-corrected chi connectivity index (χ4v) is 6.89. The zero-order chi connectivity index (χ0) is 26.9. The Balaban J connectivity index is 1.41. The molecule has 2 atom stereocenters. The first-order chi connectivity index (χ1) is 18.0. The Morgan fingerprint density at radius 1 is 1.08 bits per heavy atom. The average Bonchev–Trinajstić information content (AvgIpc) is 3.50. The molecule has 11 heteroatoms. The molecule has 8 nitrogen and oxygen atoms in total. The predicted octanol–water partition coefficient (Wildman–Crippen LogP) is 4.32. The first-order valence-corrected chi connectivity index (χ1v) is 14.4. The molecule has 196 valence electrons. The van der Waals surface area contributed by atoms with Gasteiger partial charge in [-0.3, -0.25) is 0 Å². The van der Waals surface area contributed by atoms with Gasteiger partial charge in [0.15, 0.2) is 5.82 Å². The maximum Gasteiger partial charge on any atom is 0.179 e. The summed E-state index contributed by atoms with van der Waals surface area (Å²) in [5.41, 5.74) is 2.23. The lowest BCUT2D eigenvalue weighted by molar-refractivity contribution is 0.243. The molecule has 0 amide bonds. The Morgan fingerprint density at radius 2 is 1.84 bits per heavy atom. The standard InChI is InChI=1S/C27H26F2N6O2S/c1-26(2)17-7-9-27(26,24-16(17)13-20(33-34-24)23-18(28)5-4-6-19(23)29)22-8-10-30-25(32-22)21-14-35(15-31-21)11-12-38(3,36)37/h4-6,8,10,13-15,17H,7,9,11-12H2,1-3H3/t17-,27-/m0/s1. The minimum Gasteiger partial charge on any atom is -0.336 e. The third-order valence-corrected chi connectivity index (χ3v) is 9.20. The summed E-state index contributed by atoms with van der Waals surface area (Å²) in [6, 6.07) is 7.43.